The maximum Gasteiger partial charge on any atom is 0.335 e. The number of nitriles is 1. The molecule has 0 aliphatic carbocycles. The third kappa shape index (κ3) is 4.75. The molecule has 1 aromatic heterocycles. The van der Waals surface area contributed by atoms with E-state index < -0.39 is 5.97 Å². The summed E-state index contributed by atoms with van der Waals surface area (Å²) in [5.74, 6) is -0.986. The van der Waals surface area contributed by atoms with Crippen LogP contribution in [0.1, 0.15) is 21.5 Å². The minimum Gasteiger partial charge on any atom is -0.478 e. The number of hydrogen-bond donors (Lipinski definition) is 2. The van der Waals surface area contributed by atoms with Crippen molar-refractivity contribution in [2.45, 2.75) is 6.54 Å². The van der Waals surface area contributed by atoms with Gasteiger partial charge in [-0.2, -0.15) is 10.4 Å². The van der Waals surface area contributed by atoms with Gasteiger partial charge in [0.05, 0.1) is 28.6 Å². The van der Waals surface area contributed by atoms with Crippen LogP contribution in [0.25, 0.3) is 16.9 Å². The smallest absolute Gasteiger partial charge is 0.335 e. The molecule has 8 heteroatoms. The molecule has 0 unspecified atom stereocenters. The van der Waals surface area contributed by atoms with Gasteiger partial charge >= 0.3 is 5.97 Å². The highest BCUT2D eigenvalue weighted by molar-refractivity contribution is 6.35. The van der Waals surface area contributed by atoms with Crippen molar-refractivity contribution in [3.05, 3.63) is 99.7 Å². The number of hydrogen-bond acceptors (Lipinski definition) is 4. The van der Waals surface area contributed by atoms with Gasteiger partial charge in [-0.25, -0.2) is 9.48 Å². The van der Waals surface area contributed by atoms with E-state index in [2.05, 4.69) is 11.4 Å². The van der Waals surface area contributed by atoms with Crippen LogP contribution in [0.3, 0.4) is 0 Å². The van der Waals surface area contributed by atoms with Crippen molar-refractivity contribution in [3.63, 3.8) is 0 Å². The summed E-state index contributed by atoms with van der Waals surface area (Å²) in [6, 6.07) is 21.0. The molecule has 0 amide bonds. The molecule has 0 bridgehead atoms. The van der Waals surface area contributed by atoms with Gasteiger partial charge in [0.15, 0.2) is 0 Å². The Bertz CT molecular complexity index is 1300. The van der Waals surface area contributed by atoms with Gasteiger partial charge in [0, 0.05) is 39.6 Å². The molecule has 1 heterocycles. The van der Waals surface area contributed by atoms with Crippen molar-refractivity contribution >= 4 is 34.9 Å². The predicted octanol–water partition coefficient (Wildman–Crippen LogP) is 6.03. The van der Waals surface area contributed by atoms with Crippen molar-refractivity contribution in [1.29, 1.82) is 5.26 Å². The van der Waals surface area contributed by atoms with Crippen molar-refractivity contribution in [3.8, 4) is 23.0 Å². The summed E-state index contributed by atoms with van der Waals surface area (Å²) < 4.78 is 1.70. The van der Waals surface area contributed by atoms with E-state index in [0.717, 1.165) is 28.2 Å². The molecule has 0 aliphatic rings. The largest absolute Gasteiger partial charge is 0.478 e. The van der Waals surface area contributed by atoms with Crippen molar-refractivity contribution < 1.29 is 9.90 Å². The van der Waals surface area contributed by atoms with Gasteiger partial charge in [-0.1, -0.05) is 35.3 Å². The standard InChI is InChI=1S/C24H16Cl2N4O2/c25-19-9-20(26)11-21(10-19)28-13-18-14-30(22-7-5-17(6-8-22)24(31)32)29-23(18)16-3-1-15(12-27)2-4-16/h1-11,14,28H,13H2,(H,31,32). The zero-order valence-corrected chi connectivity index (χ0v) is 18.1. The first-order valence-electron chi connectivity index (χ1n) is 9.56. The summed E-state index contributed by atoms with van der Waals surface area (Å²) in [7, 11) is 0. The number of carboxylic acid groups (broad SMARTS) is 1. The summed E-state index contributed by atoms with van der Waals surface area (Å²) in [6.07, 6.45) is 1.88. The first-order valence-corrected chi connectivity index (χ1v) is 10.3. The van der Waals surface area contributed by atoms with Crippen molar-refractivity contribution in [1.82, 2.24) is 9.78 Å². The Labute approximate surface area is 194 Å². The van der Waals surface area contributed by atoms with E-state index in [1.807, 2.05) is 18.3 Å². The molecule has 158 valence electrons. The third-order valence-electron chi connectivity index (χ3n) is 4.80. The number of nitrogens with one attached hydrogen (secondary N) is 1. The molecule has 4 rings (SSSR count). The zero-order chi connectivity index (χ0) is 22.7. The summed E-state index contributed by atoms with van der Waals surface area (Å²) in [4.78, 5) is 11.1. The van der Waals surface area contributed by atoms with Crippen LogP contribution in [0.2, 0.25) is 10.0 Å². The summed E-state index contributed by atoms with van der Waals surface area (Å²) in [5, 5.41) is 27.3. The van der Waals surface area contributed by atoms with Gasteiger partial charge < -0.3 is 10.4 Å². The van der Waals surface area contributed by atoms with Gasteiger partial charge in [-0.05, 0) is 54.6 Å². The Morgan fingerprint density at radius 2 is 1.69 bits per heavy atom. The number of rotatable bonds is 6. The van der Waals surface area contributed by atoms with Crippen LogP contribution in [-0.2, 0) is 6.54 Å². The summed E-state index contributed by atoms with van der Waals surface area (Å²) in [6.45, 7) is 0.444. The molecule has 6 nitrogen and oxygen atoms in total. The second-order valence-corrected chi connectivity index (χ2v) is 7.87. The number of anilines is 1. The number of halogens is 2. The Balaban J connectivity index is 1.70. The first-order chi connectivity index (χ1) is 15.4. The van der Waals surface area contributed by atoms with E-state index in [1.165, 1.54) is 12.1 Å². The zero-order valence-electron chi connectivity index (χ0n) is 16.6. The molecule has 2 N–H and O–H groups in total. The highest BCUT2D eigenvalue weighted by atomic mass is 35.5. The predicted molar refractivity (Wildman–Crippen MR) is 124 cm³/mol. The molecule has 0 saturated carbocycles. The molecule has 0 aliphatic heterocycles. The van der Waals surface area contributed by atoms with Crippen molar-refractivity contribution in [2.24, 2.45) is 0 Å². The Morgan fingerprint density at radius 1 is 1.03 bits per heavy atom. The molecule has 0 spiro atoms. The second kappa shape index (κ2) is 9.15. The molecule has 0 radical (unpaired) electrons. The lowest BCUT2D eigenvalue weighted by atomic mass is 10.1. The maximum atomic E-state index is 11.1. The molecule has 0 atom stereocenters. The lowest BCUT2D eigenvalue weighted by Crippen LogP contribution is -2.00. The minimum atomic E-state index is -0.986. The maximum absolute atomic E-state index is 11.1. The Morgan fingerprint density at radius 3 is 2.28 bits per heavy atom. The van der Waals surface area contributed by atoms with E-state index >= 15 is 0 Å². The molecular weight excluding hydrogens is 447 g/mol. The lowest BCUT2D eigenvalue weighted by molar-refractivity contribution is 0.0697. The van der Waals surface area contributed by atoms with E-state index in [4.69, 9.17) is 38.7 Å². The monoisotopic (exact) mass is 462 g/mol. The van der Waals surface area contributed by atoms with Gasteiger partial charge in [-0.3, -0.25) is 0 Å². The van der Waals surface area contributed by atoms with E-state index in [1.54, 1.807) is 47.1 Å². The number of benzene rings is 3. The fourth-order valence-electron chi connectivity index (χ4n) is 3.23. The van der Waals surface area contributed by atoms with Crippen LogP contribution in [0.15, 0.2) is 72.9 Å². The number of aromatic nitrogens is 2. The van der Waals surface area contributed by atoms with Crippen LogP contribution in [0.4, 0.5) is 5.69 Å². The summed E-state index contributed by atoms with van der Waals surface area (Å²) >= 11 is 12.2. The quantitative estimate of drug-likeness (QED) is 0.365. The van der Waals surface area contributed by atoms with Gasteiger partial charge in [0.1, 0.15) is 0 Å². The highest BCUT2D eigenvalue weighted by Gasteiger charge is 2.13. The van der Waals surface area contributed by atoms with Gasteiger partial charge in [0.25, 0.3) is 0 Å². The van der Waals surface area contributed by atoms with Gasteiger partial charge in [-0.15, -0.1) is 0 Å². The highest BCUT2D eigenvalue weighted by Crippen LogP contribution is 2.27. The number of carboxylic acids is 1. The minimum absolute atomic E-state index is 0.202. The average molecular weight is 463 g/mol. The third-order valence-corrected chi connectivity index (χ3v) is 5.24. The topological polar surface area (TPSA) is 90.9 Å². The number of nitrogens with zero attached hydrogens (tertiary/aromatic N) is 3. The van der Waals surface area contributed by atoms with Crippen LogP contribution in [-0.4, -0.2) is 20.9 Å². The number of aromatic carboxylic acids is 1. The molecular formula is C24H16Cl2N4O2. The van der Waals surface area contributed by atoms with Gasteiger partial charge in [0.2, 0.25) is 0 Å². The van der Waals surface area contributed by atoms with E-state index in [9.17, 15) is 4.79 Å². The van der Waals surface area contributed by atoms with Crippen LogP contribution in [0, 0.1) is 11.3 Å². The average Bonchev–Trinajstić information content (AvgIpc) is 3.21. The van der Waals surface area contributed by atoms with Crippen LogP contribution >= 0.6 is 23.2 Å². The fourth-order valence-corrected chi connectivity index (χ4v) is 3.75. The molecule has 0 fully saturated rings. The number of carbonyl (C=O) groups is 1. The second-order valence-electron chi connectivity index (χ2n) is 7.00. The van der Waals surface area contributed by atoms with E-state index in [-0.39, 0.29) is 5.56 Å². The van der Waals surface area contributed by atoms with Crippen LogP contribution < -0.4 is 5.32 Å². The Hall–Kier alpha value is -3.79. The SMILES string of the molecule is N#Cc1ccc(-c2nn(-c3ccc(C(=O)O)cc3)cc2CNc2cc(Cl)cc(Cl)c2)cc1. The first kappa shape index (κ1) is 21.4. The normalized spacial score (nSPS) is 10.5. The van der Waals surface area contributed by atoms with E-state index in [0.29, 0.717) is 22.2 Å². The lowest BCUT2D eigenvalue weighted by Gasteiger charge is -2.08. The summed E-state index contributed by atoms with van der Waals surface area (Å²) in [5.41, 5.74) is 4.74. The molecule has 32 heavy (non-hydrogen) atoms. The van der Waals surface area contributed by atoms with Crippen LogP contribution in [0.5, 0.6) is 0 Å². The fraction of sp³-hybridized carbons (Fsp3) is 0.0417. The Kier molecular flexibility index (Phi) is 6.13. The molecule has 4 aromatic rings. The van der Waals surface area contributed by atoms with Crippen molar-refractivity contribution in [2.75, 3.05) is 5.32 Å². The molecule has 3 aromatic carbocycles. The molecule has 0 saturated heterocycles.